The molecule has 156 valence electrons. The summed E-state index contributed by atoms with van der Waals surface area (Å²) >= 11 is 0. The number of halogens is 4. The molecule has 0 radical (unpaired) electrons. The molecule has 4 unspecified atom stereocenters. The molecule has 0 spiro atoms. The Labute approximate surface area is 162 Å². The molecule has 0 saturated carbocycles. The average Bonchev–Trinajstić information content (AvgIpc) is 3.30. The molecule has 4 rings (SSSR count). The molecule has 1 aliphatic rings. The van der Waals surface area contributed by atoms with E-state index in [0.717, 1.165) is 0 Å². The van der Waals surface area contributed by atoms with Crippen molar-refractivity contribution < 1.29 is 22.1 Å². The number of rotatable bonds is 3. The van der Waals surface area contributed by atoms with Crippen LogP contribution in [-0.4, -0.2) is 54.6 Å². The molecule has 1 saturated heterocycles. The summed E-state index contributed by atoms with van der Waals surface area (Å²) in [6.07, 6.45) is -8.96. The number of aromatic nitrogens is 6. The van der Waals surface area contributed by atoms with Gasteiger partial charge in [-0.2, -0.15) is 4.98 Å². The van der Waals surface area contributed by atoms with Crippen molar-refractivity contribution >= 4 is 17.0 Å². The summed E-state index contributed by atoms with van der Waals surface area (Å²) in [7, 11) is 0. The fraction of sp³-hybridized carbons (Fsp3) is 0.588. The lowest BCUT2D eigenvalue weighted by Gasteiger charge is -2.25. The fourth-order valence-corrected chi connectivity index (χ4v) is 3.09. The Balaban J connectivity index is 1.88. The van der Waals surface area contributed by atoms with Gasteiger partial charge < -0.3 is 9.09 Å². The van der Waals surface area contributed by atoms with Crippen LogP contribution in [0.15, 0.2) is 10.9 Å². The highest BCUT2D eigenvalue weighted by atomic mass is 19.2. The van der Waals surface area contributed by atoms with Gasteiger partial charge in [0.05, 0.1) is 6.33 Å². The molecule has 1 aliphatic heterocycles. The molecule has 0 amide bonds. The molecule has 3 aromatic heterocycles. The van der Waals surface area contributed by atoms with Crippen LogP contribution in [0.1, 0.15) is 38.3 Å². The second-order valence-electron chi connectivity index (χ2n) is 7.94. The quantitative estimate of drug-likeness (QED) is 0.482. The van der Waals surface area contributed by atoms with Crippen LogP contribution in [0.25, 0.3) is 11.2 Å². The van der Waals surface area contributed by atoms with Gasteiger partial charge in [-0.1, -0.05) is 25.9 Å². The van der Waals surface area contributed by atoms with Gasteiger partial charge in [0, 0.05) is 5.41 Å². The van der Waals surface area contributed by atoms with Crippen LogP contribution in [0.4, 0.5) is 23.4 Å². The van der Waals surface area contributed by atoms with Crippen LogP contribution < -0.4 is 4.90 Å². The van der Waals surface area contributed by atoms with Gasteiger partial charge in [0.25, 0.3) is 0 Å². The number of nitrogens with zero attached hydrogens (tertiary/aromatic N) is 7. The molecule has 29 heavy (non-hydrogen) atoms. The summed E-state index contributed by atoms with van der Waals surface area (Å²) in [5.41, 5.74) is -0.366. The highest BCUT2D eigenvalue weighted by molar-refractivity contribution is 5.84. The summed E-state index contributed by atoms with van der Waals surface area (Å²) in [5, 5.41) is 3.71. The molecule has 1 fully saturated rings. The van der Waals surface area contributed by atoms with Gasteiger partial charge in [-0.05, 0) is 6.92 Å². The first-order valence-corrected chi connectivity index (χ1v) is 8.95. The number of alkyl halides is 4. The van der Waals surface area contributed by atoms with E-state index in [2.05, 4.69) is 25.1 Å². The molecule has 0 aromatic carbocycles. The van der Waals surface area contributed by atoms with Crippen molar-refractivity contribution in [2.45, 2.75) is 64.6 Å². The zero-order valence-electron chi connectivity index (χ0n) is 16.1. The monoisotopic (exact) mass is 413 g/mol. The van der Waals surface area contributed by atoms with E-state index < -0.39 is 30.3 Å². The van der Waals surface area contributed by atoms with Gasteiger partial charge in [0.15, 0.2) is 35.1 Å². The number of hydrogen-bond donors (Lipinski definition) is 0. The molecule has 0 aliphatic carbocycles. The smallest absolute Gasteiger partial charge is 0.246 e. The molecule has 8 nitrogen and oxygen atoms in total. The topological polar surface area (TPSA) is 85.8 Å². The van der Waals surface area contributed by atoms with E-state index in [1.165, 1.54) is 6.33 Å². The van der Waals surface area contributed by atoms with Crippen molar-refractivity contribution in [2.24, 2.45) is 0 Å². The Morgan fingerprint density at radius 1 is 1.03 bits per heavy atom. The lowest BCUT2D eigenvalue weighted by Crippen LogP contribution is -2.35. The third kappa shape index (κ3) is 3.19. The minimum absolute atomic E-state index is 0.0147. The van der Waals surface area contributed by atoms with Gasteiger partial charge in [0.2, 0.25) is 18.5 Å². The van der Waals surface area contributed by atoms with Crippen molar-refractivity contribution in [3.63, 3.8) is 0 Å². The van der Waals surface area contributed by atoms with Crippen molar-refractivity contribution in [2.75, 3.05) is 4.90 Å². The normalized spacial score (nSPS) is 25.3. The number of aryl methyl sites for hydroxylation is 1. The van der Waals surface area contributed by atoms with Crippen LogP contribution >= 0.6 is 0 Å². The fourth-order valence-electron chi connectivity index (χ4n) is 3.09. The summed E-state index contributed by atoms with van der Waals surface area (Å²) in [4.78, 5) is 17.3. The molecule has 12 heteroatoms. The van der Waals surface area contributed by atoms with Crippen LogP contribution in [0, 0.1) is 6.92 Å². The van der Waals surface area contributed by atoms with Crippen molar-refractivity contribution in [1.29, 1.82) is 0 Å². The van der Waals surface area contributed by atoms with Crippen molar-refractivity contribution in [3.05, 3.63) is 23.9 Å². The Kier molecular flexibility index (Phi) is 4.46. The summed E-state index contributed by atoms with van der Waals surface area (Å²) < 4.78 is 63.1. The first kappa shape index (κ1) is 19.5. The highest BCUT2D eigenvalue weighted by Gasteiger charge is 2.53. The van der Waals surface area contributed by atoms with E-state index in [4.69, 9.17) is 4.52 Å². The van der Waals surface area contributed by atoms with Gasteiger partial charge in [-0.15, -0.1) is 0 Å². The molecule has 3 aromatic rings. The molecule has 4 heterocycles. The van der Waals surface area contributed by atoms with E-state index in [-0.39, 0.29) is 35.2 Å². The second kappa shape index (κ2) is 6.63. The van der Waals surface area contributed by atoms with Gasteiger partial charge in [-0.25, -0.2) is 32.5 Å². The van der Waals surface area contributed by atoms with Gasteiger partial charge >= 0.3 is 0 Å². The third-order valence-electron chi connectivity index (χ3n) is 4.60. The SMILES string of the molecule is Cc1noc(Cn2cnc3c(N4C(F)C(F)C(F)C4F)nc(C(C)(C)C)nc32)n1. The first-order chi connectivity index (χ1) is 13.6. The molecule has 4 atom stereocenters. The number of fused-ring (bicyclic) bond motifs is 1. The Morgan fingerprint density at radius 3 is 2.24 bits per heavy atom. The average molecular weight is 413 g/mol. The van der Waals surface area contributed by atoms with E-state index in [1.807, 2.05) is 0 Å². The van der Waals surface area contributed by atoms with Crippen molar-refractivity contribution in [3.8, 4) is 0 Å². The summed E-state index contributed by atoms with van der Waals surface area (Å²) in [6, 6.07) is 0. The van der Waals surface area contributed by atoms with E-state index in [9.17, 15) is 17.6 Å². The number of imidazole rings is 1. The van der Waals surface area contributed by atoms with Gasteiger partial charge in [-0.3, -0.25) is 4.90 Å². The molecule has 0 N–H and O–H groups in total. The largest absolute Gasteiger partial charge is 0.337 e. The zero-order chi connectivity index (χ0) is 21.1. The standard InChI is InChI=1S/C17H19F4N7O/c1-7-23-8(29-26-7)5-27-6-22-11-14(27)24-16(17(2,3)4)25-15(11)28-12(20)9(18)10(19)13(28)21/h6,9-10,12-13H,5H2,1-4H3. The van der Waals surface area contributed by atoms with Crippen LogP contribution in [-0.2, 0) is 12.0 Å². The lowest BCUT2D eigenvalue weighted by molar-refractivity contribution is 0.111. The summed E-state index contributed by atoms with van der Waals surface area (Å²) in [6.45, 7) is 7.18. The number of hydrogen-bond acceptors (Lipinski definition) is 7. The Bertz CT molecular complexity index is 1030. The third-order valence-corrected chi connectivity index (χ3v) is 4.60. The van der Waals surface area contributed by atoms with Crippen LogP contribution in [0.5, 0.6) is 0 Å². The predicted octanol–water partition coefficient (Wildman–Crippen LogP) is 2.95. The van der Waals surface area contributed by atoms with E-state index in [1.54, 1.807) is 32.3 Å². The maximum Gasteiger partial charge on any atom is 0.246 e. The zero-order valence-corrected chi connectivity index (χ0v) is 16.1. The van der Waals surface area contributed by atoms with Crippen LogP contribution in [0.2, 0.25) is 0 Å². The highest BCUT2D eigenvalue weighted by Crippen LogP contribution is 2.38. The second-order valence-corrected chi connectivity index (χ2v) is 7.94. The Morgan fingerprint density at radius 2 is 1.69 bits per heavy atom. The minimum atomic E-state index is -2.63. The molecular weight excluding hydrogens is 394 g/mol. The van der Waals surface area contributed by atoms with Crippen LogP contribution in [0.3, 0.4) is 0 Å². The van der Waals surface area contributed by atoms with E-state index in [0.29, 0.717) is 10.7 Å². The summed E-state index contributed by atoms with van der Waals surface area (Å²) in [5.74, 6) is 0.652. The molecule has 0 bridgehead atoms. The first-order valence-electron chi connectivity index (χ1n) is 8.95. The predicted molar refractivity (Wildman–Crippen MR) is 94.2 cm³/mol. The maximum absolute atomic E-state index is 14.4. The maximum atomic E-state index is 14.4. The lowest BCUT2D eigenvalue weighted by atomic mass is 9.96. The van der Waals surface area contributed by atoms with Gasteiger partial charge in [0.1, 0.15) is 12.4 Å². The molecular formula is C17H19F4N7O. The van der Waals surface area contributed by atoms with E-state index >= 15 is 0 Å². The Hall–Kier alpha value is -2.79. The minimum Gasteiger partial charge on any atom is -0.337 e. The van der Waals surface area contributed by atoms with Crippen molar-refractivity contribution in [1.82, 2.24) is 29.7 Å². The number of anilines is 1.